The van der Waals surface area contributed by atoms with Crippen molar-refractivity contribution in [3.05, 3.63) is 88.0 Å². The maximum atomic E-state index is 14.5. The smallest absolute Gasteiger partial charge is 0.266 e. The zero-order chi connectivity index (χ0) is 26.1. The molecule has 0 saturated heterocycles. The summed E-state index contributed by atoms with van der Waals surface area (Å²) in [5, 5.41) is -0.157. The van der Waals surface area contributed by atoms with Crippen molar-refractivity contribution < 1.29 is 18.4 Å². The van der Waals surface area contributed by atoms with Crippen LogP contribution in [0.25, 0.3) is 21.2 Å². The van der Waals surface area contributed by atoms with Gasteiger partial charge in [-0.15, -0.1) is 11.3 Å². The number of hydrogen-bond donors (Lipinski definition) is 1. The van der Waals surface area contributed by atoms with Crippen molar-refractivity contribution in [1.82, 2.24) is 9.88 Å². The number of aromatic nitrogens is 1. The van der Waals surface area contributed by atoms with E-state index in [2.05, 4.69) is 4.98 Å². The summed E-state index contributed by atoms with van der Waals surface area (Å²) in [6, 6.07) is 13.5. The highest BCUT2D eigenvalue weighted by Gasteiger charge is 2.33. The van der Waals surface area contributed by atoms with Crippen LogP contribution < -0.4 is 5.73 Å². The van der Waals surface area contributed by atoms with Crippen molar-refractivity contribution in [3.8, 4) is 11.1 Å². The molecule has 0 atom stereocenters. The normalized spacial score (nSPS) is 17.6. The molecule has 0 unspecified atom stereocenters. The molecule has 5 nitrogen and oxygen atoms in total. The van der Waals surface area contributed by atoms with Crippen LogP contribution >= 0.6 is 22.9 Å². The first-order valence-electron chi connectivity index (χ1n) is 12.0. The van der Waals surface area contributed by atoms with Crippen molar-refractivity contribution in [2.75, 3.05) is 0 Å². The molecule has 1 aliphatic rings. The van der Waals surface area contributed by atoms with Crippen LogP contribution in [0.3, 0.4) is 0 Å². The third kappa shape index (κ3) is 5.08. The van der Waals surface area contributed by atoms with E-state index in [-0.39, 0.29) is 50.3 Å². The fourth-order valence-electron chi connectivity index (χ4n) is 4.99. The van der Waals surface area contributed by atoms with E-state index in [1.807, 2.05) is 36.4 Å². The van der Waals surface area contributed by atoms with E-state index < -0.39 is 11.6 Å². The Bertz CT molecular complexity index is 1470. The largest absolute Gasteiger partial charge is 0.369 e. The van der Waals surface area contributed by atoms with Crippen LogP contribution in [0.1, 0.15) is 40.9 Å². The van der Waals surface area contributed by atoms with E-state index in [0.717, 1.165) is 40.2 Å². The van der Waals surface area contributed by atoms with E-state index in [9.17, 15) is 18.4 Å². The van der Waals surface area contributed by atoms with Crippen LogP contribution in [0.15, 0.2) is 60.9 Å². The summed E-state index contributed by atoms with van der Waals surface area (Å²) in [7, 11) is 0. The molecule has 2 heterocycles. The highest BCUT2D eigenvalue weighted by Crippen LogP contribution is 2.40. The van der Waals surface area contributed by atoms with Gasteiger partial charge in [0.2, 0.25) is 5.91 Å². The topological polar surface area (TPSA) is 76.3 Å². The number of rotatable bonds is 6. The summed E-state index contributed by atoms with van der Waals surface area (Å²) in [5.41, 5.74) is 8.39. The zero-order valence-electron chi connectivity index (χ0n) is 19.8. The number of thiophene rings is 1. The number of hydrogen-bond acceptors (Lipinski definition) is 4. The average molecular weight is 540 g/mol. The van der Waals surface area contributed by atoms with Crippen molar-refractivity contribution in [2.24, 2.45) is 11.7 Å². The fourth-order valence-corrected chi connectivity index (χ4v) is 6.50. The molecule has 4 aromatic rings. The number of primary amides is 1. The van der Waals surface area contributed by atoms with Gasteiger partial charge in [-0.25, -0.2) is 8.78 Å². The summed E-state index contributed by atoms with van der Waals surface area (Å²) in [5.74, 6) is -2.24. The zero-order valence-corrected chi connectivity index (χ0v) is 21.4. The Morgan fingerprint density at radius 2 is 1.70 bits per heavy atom. The highest BCUT2D eigenvalue weighted by atomic mass is 35.5. The number of carbonyl (C=O) groups is 2. The minimum atomic E-state index is -0.671. The Labute approximate surface area is 221 Å². The van der Waals surface area contributed by atoms with Gasteiger partial charge in [-0.2, -0.15) is 0 Å². The molecule has 0 spiro atoms. The first kappa shape index (κ1) is 25.3. The number of nitrogens with zero attached hydrogens (tertiary/aromatic N) is 2. The Hall–Kier alpha value is -3.36. The molecular formula is C28H24ClF2N3O2S. The molecule has 0 aliphatic heterocycles. The minimum absolute atomic E-state index is 0.0189. The Balaban J connectivity index is 1.51. The molecule has 1 aliphatic carbocycles. The quantitative estimate of drug-likeness (QED) is 0.300. The van der Waals surface area contributed by atoms with Crippen molar-refractivity contribution in [2.45, 2.75) is 38.3 Å². The van der Waals surface area contributed by atoms with Gasteiger partial charge in [0.25, 0.3) is 5.91 Å². The lowest BCUT2D eigenvalue weighted by atomic mass is 9.84. The van der Waals surface area contributed by atoms with E-state index in [0.29, 0.717) is 25.7 Å². The monoisotopic (exact) mass is 539 g/mol. The van der Waals surface area contributed by atoms with Crippen LogP contribution in [0.5, 0.6) is 0 Å². The Morgan fingerprint density at radius 1 is 1.00 bits per heavy atom. The van der Waals surface area contributed by atoms with Crippen LogP contribution in [0, 0.1) is 17.6 Å². The SMILES string of the molecule is NC(=O)C1CCC(N(Cc2cccc(-c3ccncc3)c2)C(=O)c2sc3c(F)ccc(F)c3c2Cl)CC1. The number of carbonyl (C=O) groups excluding carboxylic acids is 2. The van der Waals surface area contributed by atoms with Crippen LogP contribution in [0.2, 0.25) is 5.02 Å². The first-order chi connectivity index (χ1) is 17.8. The third-order valence-corrected chi connectivity index (χ3v) is 8.65. The number of fused-ring (bicyclic) bond motifs is 1. The highest BCUT2D eigenvalue weighted by molar-refractivity contribution is 7.21. The van der Waals surface area contributed by atoms with Gasteiger partial charge < -0.3 is 10.6 Å². The molecule has 2 amide bonds. The predicted molar refractivity (Wildman–Crippen MR) is 141 cm³/mol. The van der Waals surface area contributed by atoms with Gasteiger partial charge in [-0.3, -0.25) is 14.6 Å². The molecule has 9 heteroatoms. The Kier molecular flexibility index (Phi) is 7.22. The lowest BCUT2D eigenvalue weighted by Gasteiger charge is -2.36. The number of benzene rings is 2. The molecule has 2 aromatic heterocycles. The summed E-state index contributed by atoms with van der Waals surface area (Å²) in [6.45, 7) is 0.277. The molecular weight excluding hydrogens is 516 g/mol. The minimum Gasteiger partial charge on any atom is -0.369 e. The molecule has 37 heavy (non-hydrogen) atoms. The number of nitrogens with two attached hydrogens (primary N) is 1. The second-order valence-electron chi connectivity index (χ2n) is 9.26. The molecule has 1 saturated carbocycles. The lowest BCUT2D eigenvalue weighted by molar-refractivity contribution is -0.123. The third-order valence-electron chi connectivity index (χ3n) is 6.97. The van der Waals surface area contributed by atoms with Crippen molar-refractivity contribution >= 4 is 44.8 Å². The van der Waals surface area contributed by atoms with Crippen molar-refractivity contribution in [3.63, 3.8) is 0 Å². The molecule has 2 N–H and O–H groups in total. The molecule has 190 valence electrons. The van der Waals surface area contributed by atoms with E-state index in [1.165, 1.54) is 0 Å². The standard InChI is InChI=1S/C28H24ClF2N3O2S/c29-24-23-21(30)8-9-22(31)25(23)37-26(24)28(36)34(20-6-4-18(5-7-20)27(32)35)15-16-2-1-3-19(14-16)17-10-12-33-13-11-17/h1-3,8-14,18,20H,4-7,15H2,(H2,32,35). The fraction of sp³-hybridized carbons (Fsp3) is 0.250. The van der Waals surface area contributed by atoms with Gasteiger partial charge in [-0.05, 0) is 72.7 Å². The van der Waals surface area contributed by atoms with E-state index in [4.69, 9.17) is 17.3 Å². The van der Waals surface area contributed by atoms with Gasteiger partial charge in [0.1, 0.15) is 16.5 Å². The van der Waals surface area contributed by atoms with Gasteiger partial charge in [0, 0.05) is 30.9 Å². The van der Waals surface area contributed by atoms with E-state index in [1.54, 1.807) is 17.3 Å². The Morgan fingerprint density at radius 3 is 2.38 bits per heavy atom. The molecule has 0 radical (unpaired) electrons. The summed E-state index contributed by atoms with van der Waals surface area (Å²) in [4.78, 5) is 31.5. The average Bonchev–Trinajstić information content (AvgIpc) is 3.28. The number of pyridine rings is 1. The number of amides is 2. The molecule has 2 aromatic carbocycles. The second kappa shape index (κ2) is 10.6. The van der Waals surface area contributed by atoms with Crippen molar-refractivity contribution in [1.29, 1.82) is 0 Å². The van der Waals surface area contributed by atoms with E-state index >= 15 is 0 Å². The molecule has 0 bridgehead atoms. The first-order valence-corrected chi connectivity index (χ1v) is 13.2. The maximum Gasteiger partial charge on any atom is 0.266 e. The summed E-state index contributed by atoms with van der Waals surface area (Å²) in [6.07, 6.45) is 5.77. The van der Waals surface area contributed by atoms with Gasteiger partial charge in [0.05, 0.1) is 15.1 Å². The predicted octanol–water partition coefficient (Wildman–Crippen LogP) is 6.58. The molecule has 5 rings (SSSR count). The van der Waals surface area contributed by atoms with Gasteiger partial charge in [-0.1, -0.05) is 29.8 Å². The maximum absolute atomic E-state index is 14.5. The lowest BCUT2D eigenvalue weighted by Crippen LogP contribution is -2.43. The van der Waals surface area contributed by atoms with Crippen LogP contribution in [-0.4, -0.2) is 27.7 Å². The van der Waals surface area contributed by atoms with Crippen LogP contribution in [0.4, 0.5) is 8.78 Å². The van der Waals surface area contributed by atoms with Crippen LogP contribution in [-0.2, 0) is 11.3 Å². The van der Waals surface area contributed by atoms with Gasteiger partial charge in [0.15, 0.2) is 0 Å². The summed E-state index contributed by atoms with van der Waals surface area (Å²) >= 11 is 7.34. The van der Waals surface area contributed by atoms with Gasteiger partial charge >= 0.3 is 0 Å². The second-order valence-corrected chi connectivity index (χ2v) is 10.7. The summed E-state index contributed by atoms with van der Waals surface area (Å²) < 4.78 is 29.0. The molecule has 1 fully saturated rings. The number of halogens is 3.